The van der Waals surface area contributed by atoms with Gasteiger partial charge in [-0.25, -0.2) is 0 Å². The molecule has 0 saturated heterocycles. The van der Waals surface area contributed by atoms with Gasteiger partial charge in [0.05, 0.1) is 11.8 Å². The van der Waals surface area contributed by atoms with Crippen molar-refractivity contribution in [3.63, 3.8) is 0 Å². The number of rotatable bonds is 9. The summed E-state index contributed by atoms with van der Waals surface area (Å²) in [5.74, 6) is 0.444. The Kier molecular flexibility index (Phi) is 8.27. The van der Waals surface area contributed by atoms with Crippen molar-refractivity contribution in [3.8, 4) is 0 Å². The second kappa shape index (κ2) is 11.1. The minimum absolute atomic E-state index is 0.0591. The molecule has 8 heteroatoms. The summed E-state index contributed by atoms with van der Waals surface area (Å²) in [5.41, 5.74) is 4.67. The van der Waals surface area contributed by atoms with E-state index in [0.29, 0.717) is 29.5 Å². The van der Waals surface area contributed by atoms with Crippen LogP contribution in [-0.4, -0.2) is 31.8 Å². The minimum atomic E-state index is -0.311. The van der Waals surface area contributed by atoms with Crippen LogP contribution in [0.4, 0.5) is 5.69 Å². The molecule has 2 amide bonds. The van der Waals surface area contributed by atoms with Gasteiger partial charge in [-0.3, -0.25) is 9.59 Å². The zero-order valence-corrected chi connectivity index (χ0v) is 20.6. The van der Waals surface area contributed by atoms with E-state index in [2.05, 4.69) is 20.8 Å². The molecule has 3 aromatic rings. The van der Waals surface area contributed by atoms with Crippen molar-refractivity contribution in [1.82, 2.24) is 20.1 Å². The van der Waals surface area contributed by atoms with E-state index < -0.39 is 0 Å². The van der Waals surface area contributed by atoms with Gasteiger partial charge in [-0.05, 0) is 63.4 Å². The molecule has 0 saturated carbocycles. The maximum atomic E-state index is 13.0. The summed E-state index contributed by atoms with van der Waals surface area (Å²) >= 11 is 1.40. The molecule has 0 spiro atoms. The van der Waals surface area contributed by atoms with Gasteiger partial charge in [0.25, 0.3) is 5.91 Å². The maximum absolute atomic E-state index is 13.0. The maximum Gasteiger partial charge on any atom is 0.251 e. The highest BCUT2D eigenvalue weighted by molar-refractivity contribution is 8.00. The monoisotopic (exact) mass is 465 g/mol. The van der Waals surface area contributed by atoms with E-state index in [0.717, 1.165) is 22.4 Å². The first-order valence-electron chi connectivity index (χ1n) is 11.1. The van der Waals surface area contributed by atoms with Crippen LogP contribution in [0.25, 0.3) is 0 Å². The van der Waals surface area contributed by atoms with Crippen molar-refractivity contribution in [2.24, 2.45) is 0 Å². The van der Waals surface area contributed by atoms with E-state index in [-0.39, 0.29) is 23.6 Å². The predicted molar refractivity (Wildman–Crippen MR) is 133 cm³/mol. The molecule has 1 unspecified atom stereocenters. The summed E-state index contributed by atoms with van der Waals surface area (Å²) in [5, 5.41) is 14.9. The van der Waals surface area contributed by atoms with Gasteiger partial charge in [-0.15, -0.1) is 10.2 Å². The SMILES string of the molecule is CCC(Sc1nnc(CNC(=O)c2cccc(C)c2)n1CC)C(=O)Nc1cccc(C)c1C. The Balaban J connectivity index is 1.68. The first kappa shape index (κ1) is 24.5. The largest absolute Gasteiger partial charge is 0.345 e. The number of hydrogen-bond donors (Lipinski definition) is 2. The van der Waals surface area contributed by atoms with Crippen LogP contribution in [0.15, 0.2) is 47.6 Å². The second-order valence-corrected chi connectivity index (χ2v) is 9.12. The topological polar surface area (TPSA) is 88.9 Å². The molecule has 1 heterocycles. The van der Waals surface area contributed by atoms with Crippen LogP contribution >= 0.6 is 11.8 Å². The summed E-state index contributed by atoms with van der Waals surface area (Å²) < 4.78 is 1.94. The number of carbonyl (C=O) groups is 2. The van der Waals surface area contributed by atoms with Gasteiger partial charge in [-0.2, -0.15) is 0 Å². The predicted octanol–water partition coefficient (Wildman–Crippen LogP) is 4.66. The number of hydrogen-bond acceptors (Lipinski definition) is 5. The lowest BCUT2D eigenvalue weighted by molar-refractivity contribution is -0.115. The van der Waals surface area contributed by atoms with Crippen molar-refractivity contribution < 1.29 is 9.59 Å². The Morgan fingerprint density at radius 3 is 2.52 bits per heavy atom. The van der Waals surface area contributed by atoms with Crippen LogP contribution in [0.1, 0.15) is 53.1 Å². The molecule has 0 fully saturated rings. The van der Waals surface area contributed by atoms with E-state index in [9.17, 15) is 9.59 Å². The zero-order valence-electron chi connectivity index (χ0n) is 19.8. The summed E-state index contributed by atoms with van der Waals surface area (Å²) in [6, 6.07) is 13.3. The number of benzene rings is 2. The van der Waals surface area contributed by atoms with E-state index in [4.69, 9.17) is 0 Å². The van der Waals surface area contributed by atoms with Crippen molar-refractivity contribution in [2.75, 3.05) is 5.32 Å². The van der Waals surface area contributed by atoms with Crippen molar-refractivity contribution in [1.29, 1.82) is 0 Å². The van der Waals surface area contributed by atoms with Crippen LogP contribution in [0, 0.1) is 20.8 Å². The molecule has 7 nitrogen and oxygen atoms in total. The Bertz CT molecular complexity index is 1140. The molecule has 0 aliphatic carbocycles. The molecule has 0 bridgehead atoms. The van der Waals surface area contributed by atoms with Crippen LogP contribution in [0.2, 0.25) is 0 Å². The molecule has 1 atom stereocenters. The van der Waals surface area contributed by atoms with Gasteiger partial charge < -0.3 is 15.2 Å². The number of aromatic nitrogens is 3. The molecule has 2 aromatic carbocycles. The van der Waals surface area contributed by atoms with Gasteiger partial charge in [0, 0.05) is 17.8 Å². The lowest BCUT2D eigenvalue weighted by atomic mass is 10.1. The van der Waals surface area contributed by atoms with Crippen molar-refractivity contribution in [2.45, 2.75) is 64.5 Å². The summed E-state index contributed by atoms with van der Waals surface area (Å²) in [4.78, 5) is 25.5. The van der Waals surface area contributed by atoms with Crippen LogP contribution < -0.4 is 10.6 Å². The third-order valence-corrected chi connectivity index (χ3v) is 6.92. The number of thioether (sulfide) groups is 1. The fourth-order valence-corrected chi connectivity index (χ4v) is 4.49. The zero-order chi connectivity index (χ0) is 24.0. The smallest absolute Gasteiger partial charge is 0.251 e. The number of nitrogens with zero attached hydrogens (tertiary/aromatic N) is 3. The van der Waals surface area contributed by atoms with Crippen molar-refractivity contribution in [3.05, 3.63) is 70.5 Å². The summed E-state index contributed by atoms with van der Waals surface area (Å²) in [6.07, 6.45) is 0.650. The fourth-order valence-electron chi connectivity index (χ4n) is 3.45. The number of aryl methyl sites for hydroxylation is 2. The van der Waals surface area contributed by atoms with Crippen LogP contribution in [0.5, 0.6) is 0 Å². The highest BCUT2D eigenvalue weighted by Crippen LogP contribution is 2.27. The normalized spacial score (nSPS) is 11.8. The molecule has 2 N–H and O–H groups in total. The van der Waals surface area contributed by atoms with Crippen molar-refractivity contribution >= 4 is 29.3 Å². The number of nitrogens with one attached hydrogen (secondary N) is 2. The molecule has 174 valence electrons. The minimum Gasteiger partial charge on any atom is -0.345 e. The van der Waals surface area contributed by atoms with E-state index >= 15 is 0 Å². The standard InChI is InChI=1S/C25H31N5O2S/c1-6-21(24(32)27-20-13-9-11-17(4)18(20)5)33-25-29-28-22(30(25)7-2)15-26-23(31)19-12-8-10-16(3)14-19/h8-14,21H,6-7,15H2,1-5H3,(H,26,31)(H,27,32). The lowest BCUT2D eigenvalue weighted by Gasteiger charge is -2.17. The van der Waals surface area contributed by atoms with Gasteiger partial charge in [0.2, 0.25) is 5.91 Å². The van der Waals surface area contributed by atoms with E-state index in [1.807, 2.05) is 75.6 Å². The van der Waals surface area contributed by atoms with Crippen LogP contribution in [0.3, 0.4) is 0 Å². The molecular weight excluding hydrogens is 434 g/mol. The molecule has 0 radical (unpaired) electrons. The first-order chi connectivity index (χ1) is 15.8. The second-order valence-electron chi connectivity index (χ2n) is 7.95. The molecule has 33 heavy (non-hydrogen) atoms. The molecule has 0 aliphatic rings. The highest BCUT2D eigenvalue weighted by Gasteiger charge is 2.23. The number of carbonyl (C=O) groups excluding carboxylic acids is 2. The summed E-state index contributed by atoms with van der Waals surface area (Å²) in [7, 11) is 0. The van der Waals surface area contributed by atoms with Gasteiger partial charge in [0.15, 0.2) is 11.0 Å². The average molecular weight is 466 g/mol. The Morgan fingerprint density at radius 2 is 1.82 bits per heavy atom. The Morgan fingerprint density at radius 1 is 1.06 bits per heavy atom. The number of anilines is 1. The average Bonchev–Trinajstić information content (AvgIpc) is 3.20. The first-order valence-corrected chi connectivity index (χ1v) is 12.0. The molecule has 3 rings (SSSR count). The molecule has 1 aromatic heterocycles. The Hall–Kier alpha value is -3.13. The fraction of sp³-hybridized carbons (Fsp3) is 0.360. The van der Waals surface area contributed by atoms with Gasteiger partial charge >= 0.3 is 0 Å². The van der Waals surface area contributed by atoms with Gasteiger partial charge in [-0.1, -0.05) is 48.5 Å². The third-order valence-electron chi connectivity index (χ3n) is 5.57. The quantitative estimate of drug-likeness (QED) is 0.449. The number of amides is 2. The highest BCUT2D eigenvalue weighted by atomic mass is 32.2. The molecule has 0 aliphatic heterocycles. The summed E-state index contributed by atoms with van der Waals surface area (Å²) in [6.45, 7) is 10.9. The Labute approximate surface area is 199 Å². The third kappa shape index (κ3) is 6.01. The van der Waals surface area contributed by atoms with E-state index in [1.54, 1.807) is 6.07 Å². The van der Waals surface area contributed by atoms with Gasteiger partial charge in [0.1, 0.15) is 0 Å². The molecular formula is C25H31N5O2S. The van der Waals surface area contributed by atoms with E-state index in [1.165, 1.54) is 11.8 Å². The van der Waals surface area contributed by atoms with Crippen LogP contribution in [-0.2, 0) is 17.9 Å². The lowest BCUT2D eigenvalue weighted by Crippen LogP contribution is -2.26.